The van der Waals surface area contributed by atoms with Crippen LogP contribution in [0.4, 0.5) is 4.39 Å². The third-order valence-electron chi connectivity index (χ3n) is 4.35. The number of pyridine rings is 1. The van der Waals surface area contributed by atoms with E-state index in [2.05, 4.69) is 26.4 Å². The van der Waals surface area contributed by atoms with E-state index in [0.717, 1.165) is 17.5 Å². The van der Waals surface area contributed by atoms with Crippen LogP contribution in [0.15, 0.2) is 30.5 Å². The third-order valence-corrected chi connectivity index (χ3v) is 5.08. The van der Waals surface area contributed by atoms with Crippen molar-refractivity contribution in [1.82, 2.24) is 20.5 Å². The van der Waals surface area contributed by atoms with Crippen molar-refractivity contribution in [2.45, 2.75) is 31.7 Å². The second kappa shape index (κ2) is 8.13. The number of hydrogen-bond donors (Lipinski definition) is 2. The Kier molecular flexibility index (Phi) is 5.80. The SMILES string of the molecule is C#Cc1cnc2cc(F)c(OC(SC)C(=O)NC(C)(C)c3cc(C)[nH]n3)cc2c1. The van der Waals surface area contributed by atoms with Crippen LogP contribution < -0.4 is 10.1 Å². The largest absolute Gasteiger partial charge is 0.467 e. The number of fused-ring (bicyclic) bond motifs is 1. The fraction of sp³-hybridized carbons (Fsp3) is 0.286. The van der Waals surface area contributed by atoms with Crippen molar-refractivity contribution < 1.29 is 13.9 Å². The van der Waals surface area contributed by atoms with Gasteiger partial charge in [0.25, 0.3) is 5.91 Å². The lowest BCUT2D eigenvalue weighted by Gasteiger charge is -2.27. The maximum absolute atomic E-state index is 14.5. The van der Waals surface area contributed by atoms with E-state index in [0.29, 0.717) is 22.2 Å². The molecule has 0 aliphatic carbocycles. The van der Waals surface area contributed by atoms with Gasteiger partial charge in [-0.15, -0.1) is 18.2 Å². The van der Waals surface area contributed by atoms with Crippen LogP contribution in [-0.2, 0) is 10.3 Å². The molecule has 2 N–H and O–H groups in total. The molecule has 0 radical (unpaired) electrons. The Hall–Kier alpha value is -3.05. The van der Waals surface area contributed by atoms with E-state index in [-0.39, 0.29) is 5.75 Å². The van der Waals surface area contributed by atoms with Crippen LogP contribution in [0, 0.1) is 25.1 Å². The van der Waals surface area contributed by atoms with E-state index < -0.39 is 22.7 Å². The molecule has 8 heteroatoms. The summed E-state index contributed by atoms with van der Waals surface area (Å²) >= 11 is 1.16. The number of carbonyl (C=O) groups is 1. The third kappa shape index (κ3) is 4.51. The molecular formula is C21H21FN4O2S. The number of aromatic nitrogens is 3. The van der Waals surface area contributed by atoms with Crippen molar-refractivity contribution in [2.75, 3.05) is 6.26 Å². The topological polar surface area (TPSA) is 79.9 Å². The molecule has 0 saturated heterocycles. The van der Waals surface area contributed by atoms with E-state index in [1.54, 1.807) is 12.3 Å². The number of H-pyrrole nitrogens is 1. The number of aromatic amines is 1. The smallest absolute Gasteiger partial charge is 0.272 e. The molecule has 0 saturated carbocycles. The van der Waals surface area contributed by atoms with Crippen molar-refractivity contribution in [3.8, 4) is 18.1 Å². The average molecular weight is 412 g/mol. The van der Waals surface area contributed by atoms with Gasteiger partial charge < -0.3 is 10.1 Å². The number of rotatable bonds is 6. The van der Waals surface area contributed by atoms with Crippen molar-refractivity contribution in [3.63, 3.8) is 0 Å². The highest BCUT2D eigenvalue weighted by molar-refractivity contribution is 7.99. The molecule has 2 heterocycles. The predicted octanol–water partition coefficient (Wildman–Crippen LogP) is 3.51. The number of ether oxygens (including phenoxy) is 1. The van der Waals surface area contributed by atoms with Crippen LogP contribution in [-0.4, -0.2) is 32.8 Å². The second-order valence-electron chi connectivity index (χ2n) is 7.08. The average Bonchev–Trinajstić information content (AvgIpc) is 3.13. The van der Waals surface area contributed by atoms with E-state index in [1.165, 1.54) is 18.3 Å². The number of terminal acetylenes is 1. The summed E-state index contributed by atoms with van der Waals surface area (Å²) in [6.07, 6.45) is 8.61. The molecule has 6 nitrogen and oxygen atoms in total. The maximum atomic E-state index is 14.5. The summed E-state index contributed by atoms with van der Waals surface area (Å²) in [5.41, 5.74) is 0.919. The zero-order chi connectivity index (χ0) is 21.2. The molecule has 2 aromatic heterocycles. The summed E-state index contributed by atoms with van der Waals surface area (Å²) in [4.78, 5) is 16.9. The summed E-state index contributed by atoms with van der Waals surface area (Å²) < 4.78 is 20.2. The number of aryl methyl sites for hydroxylation is 1. The minimum Gasteiger partial charge on any atom is -0.467 e. The minimum atomic E-state index is -0.954. The van der Waals surface area contributed by atoms with E-state index >= 15 is 0 Å². The first-order valence-corrected chi connectivity index (χ1v) is 10.1. The first-order valence-electron chi connectivity index (χ1n) is 8.83. The quantitative estimate of drug-likeness (QED) is 0.478. The van der Waals surface area contributed by atoms with Crippen LogP contribution in [0.3, 0.4) is 0 Å². The highest BCUT2D eigenvalue weighted by atomic mass is 32.2. The van der Waals surface area contributed by atoms with Gasteiger partial charge in [0.15, 0.2) is 11.6 Å². The molecular weight excluding hydrogens is 391 g/mol. The molecule has 0 fully saturated rings. The van der Waals surface area contributed by atoms with Crippen molar-refractivity contribution in [1.29, 1.82) is 0 Å². The standard InChI is InChI=1S/C21H21FN4O2S/c1-6-13-8-14-9-17(15(22)10-16(14)23-11-13)28-20(29-5)19(27)24-21(3,4)18-7-12(2)25-26-18/h1,7-11,20H,2-5H3,(H,24,27)(H,25,26). The summed E-state index contributed by atoms with van der Waals surface area (Å²) in [7, 11) is 0. The van der Waals surface area contributed by atoms with Gasteiger partial charge in [0, 0.05) is 28.9 Å². The molecule has 150 valence electrons. The number of nitrogens with one attached hydrogen (secondary N) is 2. The van der Waals surface area contributed by atoms with Crippen molar-refractivity contribution >= 4 is 28.6 Å². The highest BCUT2D eigenvalue weighted by Gasteiger charge is 2.30. The van der Waals surface area contributed by atoms with Gasteiger partial charge in [-0.1, -0.05) is 5.92 Å². The monoisotopic (exact) mass is 412 g/mol. The van der Waals surface area contributed by atoms with Gasteiger partial charge in [-0.25, -0.2) is 4.39 Å². The Balaban J connectivity index is 1.82. The number of amides is 1. The van der Waals surface area contributed by atoms with Crippen LogP contribution in [0.1, 0.15) is 30.8 Å². The van der Waals surface area contributed by atoms with E-state index in [4.69, 9.17) is 11.2 Å². The van der Waals surface area contributed by atoms with E-state index in [9.17, 15) is 9.18 Å². The van der Waals surface area contributed by atoms with Gasteiger partial charge in [0.2, 0.25) is 5.44 Å². The van der Waals surface area contributed by atoms with Gasteiger partial charge in [-0.2, -0.15) is 5.10 Å². The predicted molar refractivity (Wildman–Crippen MR) is 112 cm³/mol. The van der Waals surface area contributed by atoms with Gasteiger partial charge in [-0.05, 0) is 45.2 Å². The molecule has 1 unspecified atom stereocenters. The molecule has 3 rings (SSSR count). The Bertz CT molecular complexity index is 1100. The summed E-state index contributed by atoms with van der Waals surface area (Å²) in [5.74, 6) is 1.45. The number of halogens is 1. The van der Waals surface area contributed by atoms with Crippen molar-refractivity contribution in [2.24, 2.45) is 0 Å². The first kappa shape index (κ1) is 20.7. The van der Waals surface area contributed by atoms with Crippen LogP contribution in [0.25, 0.3) is 10.9 Å². The van der Waals surface area contributed by atoms with Gasteiger partial charge in [-0.3, -0.25) is 14.9 Å². The fourth-order valence-electron chi connectivity index (χ4n) is 2.79. The van der Waals surface area contributed by atoms with Gasteiger partial charge in [0.05, 0.1) is 16.7 Å². The zero-order valence-electron chi connectivity index (χ0n) is 16.5. The lowest BCUT2D eigenvalue weighted by Crippen LogP contribution is -2.46. The Labute approximate surface area is 172 Å². The zero-order valence-corrected chi connectivity index (χ0v) is 17.4. The van der Waals surface area contributed by atoms with Gasteiger partial charge >= 0.3 is 0 Å². The first-order chi connectivity index (χ1) is 13.7. The second-order valence-corrected chi connectivity index (χ2v) is 7.98. The molecule has 0 spiro atoms. The molecule has 0 aliphatic heterocycles. The van der Waals surface area contributed by atoms with Crippen LogP contribution in [0.5, 0.6) is 5.75 Å². The highest BCUT2D eigenvalue weighted by Crippen LogP contribution is 2.27. The summed E-state index contributed by atoms with van der Waals surface area (Å²) in [6.45, 7) is 5.55. The van der Waals surface area contributed by atoms with E-state index in [1.807, 2.05) is 26.8 Å². The molecule has 1 aromatic carbocycles. The van der Waals surface area contributed by atoms with Crippen molar-refractivity contribution in [3.05, 3.63) is 53.2 Å². The number of benzene rings is 1. The van der Waals surface area contributed by atoms with Crippen LogP contribution >= 0.6 is 11.8 Å². The molecule has 1 amide bonds. The molecule has 3 aromatic rings. The normalized spacial score (nSPS) is 12.4. The molecule has 1 atom stereocenters. The lowest BCUT2D eigenvalue weighted by atomic mass is 10.0. The molecule has 29 heavy (non-hydrogen) atoms. The van der Waals surface area contributed by atoms with Crippen LogP contribution in [0.2, 0.25) is 0 Å². The minimum absolute atomic E-state index is 0.0450. The Morgan fingerprint density at radius 3 is 2.76 bits per heavy atom. The summed E-state index contributed by atoms with van der Waals surface area (Å²) in [6, 6.07) is 6.33. The maximum Gasteiger partial charge on any atom is 0.272 e. The fourth-order valence-corrected chi connectivity index (χ4v) is 3.27. The number of carbonyl (C=O) groups excluding carboxylic acids is 1. The summed E-state index contributed by atoms with van der Waals surface area (Å²) in [5, 5.41) is 10.6. The molecule has 0 aliphatic rings. The number of nitrogens with zero attached hydrogens (tertiary/aromatic N) is 2. The Morgan fingerprint density at radius 1 is 1.38 bits per heavy atom. The number of hydrogen-bond acceptors (Lipinski definition) is 5. The number of thioether (sulfide) groups is 1. The van der Waals surface area contributed by atoms with Gasteiger partial charge in [0.1, 0.15) is 0 Å². The molecule has 0 bridgehead atoms. The Morgan fingerprint density at radius 2 is 2.14 bits per heavy atom. The lowest BCUT2D eigenvalue weighted by molar-refractivity contribution is -0.126.